The molecule has 0 aliphatic rings. The van der Waals surface area contributed by atoms with Gasteiger partial charge in [0, 0.05) is 13.2 Å². The molecule has 0 aliphatic carbocycles. The highest BCUT2D eigenvalue weighted by atomic mass is 16.5. The molecule has 0 spiro atoms. The summed E-state index contributed by atoms with van der Waals surface area (Å²) in [5.41, 5.74) is 0. The van der Waals surface area contributed by atoms with Crippen LogP contribution in [0.2, 0.25) is 0 Å². The molecule has 0 bridgehead atoms. The number of unbranched alkanes of at least 4 members (excludes halogenated alkanes) is 1. The first-order valence-electron chi connectivity index (χ1n) is 7.87. The number of hydrogen-bond acceptors (Lipinski definition) is 5. The molecule has 0 aliphatic heterocycles. The summed E-state index contributed by atoms with van der Waals surface area (Å²) in [6.07, 6.45) is 3.48. The van der Waals surface area contributed by atoms with E-state index in [9.17, 15) is 0 Å². The van der Waals surface area contributed by atoms with Gasteiger partial charge >= 0.3 is 0 Å². The minimum absolute atomic E-state index is 0.653. The van der Waals surface area contributed by atoms with E-state index in [2.05, 4.69) is 24.2 Å². The van der Waals surface area contributed by atoms with Gasteiger partial charge in [0.2, 0.25) is 0 Å². The van der Waals surface area contributed by atoms with Crippen LogP contribution in [0.5, 0.6) is 0 Å². The predicted molar refractivity (Wildman–Crippen MR) is 83.4 cm³/mol. The van der Waals surface area contributed by atoms with Crippen LogP contribution in [0.1, 0.15) is 26.2 Å². The Morgan fingerprint density at radius 3 is 2.00 bits per heavy atom. The molecule has 0 aromatic carbocycles. The van der Waals surface area contributed by atoms with Crippen LogP contribution in [-0.4, -0.2) is 78.3 Å². The normalized spacial score (nSPS) is 11.4. The SMILES string of the molecule is CCCCOCCOCCOCCN(C)CCCNC. The van der Waals surface area contributed by atoms with Gasteiger partial charge in [0.1, 0.15) is 0 Å². The highest BCUT2D eigenvalue weighted by molar-refractivity contribution is 4.52. The van der Waals surface area contributed by atoms with Crippen LogP contribution in [0.4, 0.5) is 0 Å². The van der Waals surface area contributed by atoms with Crippen LogP contribution in [0.15, 0.2) is 0 Å². The van der Waals surface area contributed by atoms with Crippen molar-refractivity contribution in [1.29, 1.82) is 0 Å². The van der Waals surface area contributed by atoms with E-state index in [1.165, 1.54) is 12.8 Å². The van der Waals surface area contributed by atoms with Crippen LogP contribution in [-0.2, 0) is 14.2 Å². The van der Waals surface area contributed by atoms with Gasteiger partial charge in [-0.3, -0.25) is 0 Å². The molecule has 0 saturated carbocycles. The predicted octanol–water partition coefficient (Wildman–Crippen LogP) is 1.38. The maximum Gasteiger partial charge on any atom is 0.0701 e. The van der Waals surface area contributed by atoms with Gasteiger partial charge < -0.3 is 24.4 Å². The van der Waals surface area contributed by atoms with Crippen molar-refractivity contribution in [2.75, 3.05) is 73.4 Å². The topological polar surface area (TPSA) is 43.0 Å². The van der Waals surface area contributed by atoms with E-state index >= 15 is 0 Å². The Kier molecular flexibility index (Phi) is 16.7. The monoisotopic (exact) mass is 290 g/mol. The molecule has 0 aromatic rings. The van der Waals surface area contributed by atoms with Crippen molar-refractivity contribution >= 4 is 0 Å². The first-order valence-corrected chi connectivity index (χ1v) is 7.87. The third-order valence-corrected chi connectivity index (χ3v) is 2.97. The fourth-order valence-electron chi connectivity index (χ4n) is 1.65. The Morgan fingerprint density at radius 2 is 1.40 bits per heavy atom. The van der Waals surface area contributed by atoms with Crippen LogP contribution in [0.25, 0.3) is 0 Å². The van der Waals surface area contributed by atoms with Crippen molar-refractivity contribution in [3.63, 3.8) is 0 Å². The van der Waals surface area contributed by atoms with Gasteiger partial charge in [-0.2, -0.15) is 0 Å². The van der Waals surface area contributed by atoms with E-state index in [-0.39, 0.29) is 0 Å². The van der Waals surface area contributed by atoms with E-state index in [0.29, 0.717) is 26.4 Å². The fourth-order valence-corrected chi connectivity index (χ4v) is 1.65. The van der Waals surface area contributed by atoms with Crippen molar-refractivity contribution < 1.29 is 14.2 Å². The molecule has 0 saturated heterocycles. The van der Waals surface area contributed by atoms with Crippen molar-refractivity contribution in [2.45, 2.75) is 26.2 Å². The molecule has 0 aromatic heterocycles. The summed E-state index contributed by atoms with van der Waals surface area (Å²) in [5.74, 6) is 0. The fraction of sp³-hybridized carbons (Fsp3) is 1.00. The Bertz CT molecular complexity index is 183. The van der Waals surface area contributed by atoms with E-state index in [4.69, 9.17) is 14.2 Å². The van der Waals surface area contributed by atoms with Crippen molar-refractivity contribution in [2.24, 2.45) is 0 Å². The zero-order chi connectivity index (χ0) is 14.9. The first-order chi connectivity index (χ1) is 9.81. The molecule has 5 heteroatoms. The Morgan fingerprint density at radius 1 is 0.800 bits per heavy atom. The smallest absolute Gasteiger partial charge is 0.0701 e. The zero-order valence-corrected chi connectivity index (χ0v) is 13.7. The van der Waals surface area contributed by atoms with E-state index in [0.717, 1.165) is 39.3 Å². The lowest BCUT2D eigenvalue weighted by molar-refractivity contribution is 0.0111. The average Bonchev–Trinajstić information content (AvgIpc) is 2.45. The maximum atomic E-state index is 5.53. The second-order valence-electron chi connectivity index (χ2n) is 4.95. The zero-order valence-electron chi connectivity index (χ0n) is 13.7. The van der Waals surface area contributed by atoms with Crippen LogP contribution < -0.4 is 5.32 Å². The summed E-state index contributed by atoms with van der Waals surface area (Å²) in [5, 5.41) is 3.15. The quantitative estimate of drug-likeness (QED) is 0.435. The van der Waals surface area contributed by atoms with Gasteiger partial charge in [0.25, 0.3) is 0 Å². The lowest BCUT2D eigenvalue weighted by Gasteiger charge is -2.16. The lowest BCUT2D eigenvalue weighted by atomic mass is 10.4. The van der Waals surface area contributed by atoms with Gasteiger partial charge in [0.05, 0.1) is 33.0 Å². The third kappa shape index (κ3) is 15.9. The molecule has 0 amide bonds. The summed E-state index contributed by atoms with van der Waals surface area (Å²) < 4.78 is 16.4. The van der Waals surface area contributed by atoms with Crippen LogP contribution in [0, 0.1) is 0 Å². The minimum Gasteiger partial charge on any atom is -0.379 e. The number of hydrogen-bond donors (Lipinski definition) is 1. The highest BCUT2D eigenvalue weighted by Gasteiger charge is 1.97. The lowest BCUT2D eigenvalue weighted by Crippen LogP contribution is -2.26. The second kappa shape index (κ2) is 16.9. The molecule has 0 fully saturated rings. The molecular weight excluding hydrogens is 256 g/mol. The van der Waals surface area contributed by atoms with Crippen LogP contribution >= 0.6 is 0 Å². The van der Waals surface area contributed by atoms with Gasteiger partial charge in [-0.25, -0.2) is 0 Å². The minimum atomic E-state index is 0.653. The second-order valence-corrected chi connectivity index (χ2v) is 4.95. The van der Waals surface area contributed by atoms with Gasteiger partial charge in [-0.1, -0.05) is 13.3 Å². The Hall–Kier alpha value is -0.200. The van der Waals surface area contributed by atoms with Crippen LogP contribution in [0.3, 0.4) is 0 Å². The summed E-state index contributed by atoms with van der Waals surface area (Å²) in [6.45, 7) is 9.60. The number of ether oxygens (including phenoxy) is 3. The summed E-state index contributed by atoms with van der Waals surface area (Å²) in [7, 11) is 4.11. The Labute approximate surface area is 124 Å². The third-order valence-electron chi connectivity index (χ3n) is 2.97. The van der Waals surface area contributed by atoms with Crippen molar-refractivity contribution in [1.82, 2.24) is 10.2 Å². The molecule has 0 rings (SSSR count). The summed E-state index contributed by atoms with van der Waals surface area (Å²) in [6, 6.07) is 0. The largest absolute Gasteiger partial charge is 0.379 e. The maximum absolute atomic E-state index is 5.53. The molecule has 5 nitrogen and oxygen atoms in total. The molecule has 1 N–H and O–H groups in total. The number of nitrogens with one attached hydrogen (secondary N) is 1. The molecule has 122 valence electrons. The van der Waals surface area contributed by atoms with Crippen molar-refractivity contribution in [3.8, 4) is 0 Å². The molecule has 0 radical (unpaired) electrons. The number of nitrogens with zero attached hydrogens (tertiary/aromatic N) is 1. The van der Waals surface area contributed by atoms with Crippen molar-refractivity contribution in [3.05, 3.63) is 0 Å². The molecule has 0 atom stereocenters. The van der Waals surface area contributed by atoms with E-state index in [1.54, 1.807) is 0 Å². The standard InChI is InChI=1S/C15H34N2O3/c1-4-5-10-18-12-14-20-15-13-19-11-9-17(3)8-6-7-16-2/h16H,4-15H2,1-3H3. The summed E-state index contributed by atoms with van der Waals surface area (Å²) in [4.78, 5) is 2.29. The number of rotatable bonds is 16. The Balaban J connectivity index is 3.05. The number of likely N-dealkylation sites (N-methyl/N-ethyl adjacent to an activating group) is 1. The van der Waals surface area contributed by atoms with E-state index in [1.807, 2.05) is 7.05 Å². The van der Waals surface area contributed by atoms with Gasteiger partial charge in [-0.05, 0) is 40.0 Å². The molecule has 20 heavy (non-hydrogen) atoms. The summed E-state index contributed by atoms with van der Waals surface area (Å²) >= 11 is 0. The molecule has 0 heterocycles. The van der Waals surface area contributed by atoms with Gasteiger partial charge in [0.15, 0.2) is 0 Å². The average molecular weight is 290 g/mol. The van der Waals surface area contributed by atoms with Gasteiger partial charge in [-0.15, -0.1) is 0 Å². The van der Waals surface area contributed by atoms with E-state index < -0.39 is 0 Å². The molecule has 0 unspecified atom stereocenters. The molecular formula is C15H34N2O3. The first kappa shape index (κ1) is 19.8. The highest BCUT2D eigenvalue weighted by Crippen LogP contribution is 1.89.